The third kappa shape index (κ3) is 5.41. The third-order valence-electron chi connectivity index (χ3n) is 2.65. The summed E-state index contributed by atoms with van der Waals surface area (Å²) in [6, 6.07) is 9.75. The lowest BCUT2D eigenvalue weighted by Gasteiger charge is -2.19. The van der Waals surface area contributed by atoms with E-state index in [0.29, 0.717) is 18.6 Å². The van der Waals surface area contributed by atoms with Gasteiger partial charge in [0.1, 0.15) is 0 Å². The highest BCUT2D eigenvalue weighted by Crippen LogP contribution is 2.25. The molecule has 108 valence electrons. The molecule has 3 heteroatoms. The van der Waals surface area contributed by atoms with Gasteiger partial charge < -0.3 is 9.47 Å². The van der Waals surface area contributed by atoms with Crippen LogP contribution < -0.4 is 0 Å². The normalized spacial score (nSPS) is 11.9. The van der Waals surface area contributed by atoms with Crippen molar-refractivity contribution in [3.05, 3.63) is 60.7 Å². The molecule has 1 aromatic carbocycles. The van der Waals surface area contributed by atoms with Crippen LogP contribution in [-0.4, -0.2) is 18.7 Å². The van der Waals surface area contributed by atoms with Crippen LogP contribution in [0, 0.1) is 0 Å². The Hall–Kier alpha value is -1.87. The average molecular weight is 274 g/mol. The highest BCUT2D eigenvalue weighted by atomic mass is 16.5. The predicted molar refractivity (Wildman–Crippen MR) is 80.3 cm³/mol. The summed E-state index contributed by atoms with van der Waals surface area (Å²) in [6.07, 6.45) is 1.72. The van der Waals surface area contributed by atoms with Crippen LogP contribution >= 0.6 is 0 Å². The van der Waals surface area contributed by atoms with Crippen LogP contribution in [0.2, 0.25) is 0 Å². The number of ether oxygens (including phenoxy) is 2. The molecule has 0 aliphatic rings. The molecule has 3 nitrogen and oxygen atoms in total. The topological polar surface area (TPSA) is 35.5 Å². The second-order valence-electron chi connectivity index (χ2n) is 4.78. The van der Waals surface area contributed by atoms with E-state index >= 15 is 0 Å². The zero-order valence-corrected chi connectivity index (χ0v) is 12.2. The molecule has 0 radical (unpaired) electrons. The second-order valence-corrected chi connectivity index (χ2v) is 4.78. The van der Waals surface area contributed by atoms with Crippen molar-refractivity contribution in [1.29, 1.82) is 0 Å². The highest BCUT2D eigenvalue weighted by molar-refractivity contribution is 5.87. The summed E-state index contributed by atoms with van der Waals surface area (Å²) in [6.45, 7) is 11.5. The van der Waals surface area contributed by atoms with Crippen molar-refractivity contribution >= 4 is 5.97 Å². The molecular weight excluding hydrogens is 252 g/mol. The number of rotatable bonds is 8. The maximum Gasteiger partial charge on any atom is 0.333 e. The zero-order chi connectivity index (χ0) is 15.0. The molecule has 0 saturated heterocycles. The first-order chi connectivity index (χ1) is 9.54. The van der Waals surface area contributed by atoms with Crippen LogP contribution in [0.4, 0.5) is 0 Å². The molecule has 0 spiro atoms. The summed E-state index contributed by atoms with van der Waals surface area (Å²) in [5.74, 6) is -0.372. The number of carbonyl (C=O) groups is 1. The SMILES string of the molecule is C=CCOC(CC(=C)C(=O)OC(C)C)c1ccccc1. The molecule has 0 amide bonds. The first-order valence-corrected chi connectivity index (χ1v) is 6.70. The molecule has 20 heavy (non-hydrogen) atoms. The first-order valence-electron chi connectivity index (χ1n) is 6.70. The molecule has 0 aromatic heterocycles. The Labute approximate surface area is 120 Å². The minimum absolute atomic E-state index is 0.150. The largest absolute Gasteiger partial charge is 0.460 e. The molecule has 1 aromatic rings. The Bertz CT molecular complexity index is 449. The van der Waals surface area contributed by atoms with Gasteiger partial charge in [0, 0.05) is 12.0 Å². The molecule has 0 aliphatic carbocycles. The van der Waals surface area contributed by atoms with E-state index in [1.54, 1.807) is 6.08 Å². The number of carbonyl (C=O) groups excluding carboxylic acids is 1. The molecule has 1 rings (SSSR count). The molecule has 0 bridgehead atoms. The fourth-order valence-corrected chi connectivity index (χ4v) is 1.73. The van der Waals surface area contributed by atoms with Gasteiger partial charge in [-0.15, -0.1) is 6.58 Å². The Morgan fingerprint density at radius 2 is 1.95 bits per heavy atom. The van der Waals surface area contributed by atoms with Gasteiger partial charge >= 0.3 is 5.97 Å². The van der Waals surface area contributed by atoms with Crippen LogP contribution in [0.25, 0.3) is 0 Å². The van der Waals surface area contributed by atoms with Crippen molar-refractivity contribution in [2.45, 2.75) is 32.5 Å². The summed E-state index contributed by atoms with van der Waals surface area (Å²) >= 11 is 0. The van der Waals surface area contributed by atoms with Gasteiger partial charge in [-0.05, 0) is 19.4 Å². The van der Waals surface area contributed by atoms with Gasteiger partial charge in [0.25, 0.3) is 0 Å². The summed E-state index contributed by atoms with van der Waals surface area (Å²) in [5.41, 5.74) is 1.42. The summed E-state index contributed by atoms with van der Waals surface area (Å²) in [5, 5.41) is 0. The van der Waals surface area contributed by atoms with E-state index in [-0.39, 0.29) is 18.2 Å². The Morgan fingerprint density at radius 1 is 1.30 bits per heavy atom. The third-order valence-corrected chi connectivity index (χ3v) is 2.65. The summed E-state index contributed by atoms with van der Waals surface area (Å²) < 4.78 is 10.9. The maximum atomic E-state index is 11.8. The minimum Gasteiger partial charge on any atom is -0.460 e. The van der Waals surface area contributed by atoms with Gasteiger partial charge in [0.15, 0.2) is 0 Å². The van der Waals surface area contributed by atoms with Crippen LogP contribution in [0.3, 0.4) is 0 Å². The highest BCUT2D eigenvalue weighted by Gasteiger charge is 2.18. The van der Waals surface area contributed by atoms with E-state index in [2.05, 4.69) is 13.2 Å². The second kappa shape index (κ2) is 8.33. The Kier molecular flexibility index (Phi) is 6.74. The first kappa shape index (κ1) is 16.2. The lowest BCUT2D eigenvalue weighted by molar-refractivity contribution is -0.143. The van der Waals surface area contributed by atoms with Crippen LogP contribution in [-0.2, 0) is 14.3 Å². The van der Waals surface area contributed by atoms with Crippen molar-refractivity contribution in [3.8, 4) is 0 Å². The maximum absolute atomic E-state index is 11.8. The van der Waals surface area contributed by atoms with Crippen molar-refractivity contribution < 1.29 is 14.3 Å². The molecule has 0 N–H and O–H groups in total. The van der Waals surface area contributed by atoms with Gasteiger partial charge in [-0.25, -0.2) is 4.79 Å². The van der Waals surface area contributed by atoms with E-state index in [4.69, 9.17) is 9.47 Å². The smallest absolute Gasteiger partial charge is 0.333 e. The number of benzene rings is 1. The Balaban J connectivity index is 2.72. The van der Waals surface area contributed by atoms with Crippen LogP contribution in [0.5, 0.6) is 0 Å². The van der Waals surface area contributed by atoms with Crippen molar-refractivity contribution in [1.82, 2.24) is 0 Å². The van der Waals surface area contributed by atoms with Gasteiger partial charge in [-0.2, -0.15) is 0 Å². The van der Waals surface area contributed by atoms with Crippen molar-refractivity contribution in [3.63, 3.8) is 0 Å². The Morgan fingerprint density at radius 3 is 2.50 bits per heavy atom. The van der Waals surface area contributed by atoms with E-state index < -0.39 is 0 Å². The molecule has 0 heterocycles. The lowest BCUT2D eigenvalue weighted by atomic mass is 10.0. The zero-order valence-electron chi connectivity index (χ0n) is 12.2. The van der Waals surface area contributed by atoms with E-state index in [9.17, 15) is 4.79 Å². The standard InChI is InChI=1S/C17H22O3/c1-5-11-19-16(15-9-7-6-8-10-15)12-14(4)17(18)20-13(2)3/h5-10,13,16H,1,4,11-12H2,2-3H3. The van der Waals surface area contributed by atoms with E-state index in [0.717, 1.165) is 5.56 Å². The molecule has 1 atom stereocenters. The van der Waals surface area contributed by atoms with Crippen molar-refractivity contribution in [2.75, 3.05) is 6.61 Å². The van der Waals surface area contributed by atoms with Crippen LogP contribution in [0.15, 0.2) is 55.1 Å². The molecule has 0 fully saturated rings. The fraction of sp³-hybridized carbons (Fsp3) is 0.353. The number of hydrogen-bond donors (Lipinski definition) is 0. The van der Waals surface area contributed by atoms with Gasteiger partial charge in [0.2, 0.25) is 0 Å². The monoisotopic (exact) mass is 274 g/mol. The van der Waals surface area contributed by atoms with E-state index in [1.807, 2.05) is 44.2 Å². The van der Waals surface area contributed by atoms with Crippen molar-refractivity contribution in [2.24, 2.45) is 0 Å². The number of hydrogen-bond acceptors (Lipinski definition) is 3. The van der Waals surface area contributed by atoms with Crippen LogP contribution in [0.1, 0.15) is 31.9 Å². The predicted octanol–water partition coefficient (Wildman–Crippen LogP) is 3.83. The van der Waals surface area contributed by atoms with E-state index in [1.165, 1.54) is 0 Å². The lowest BCUT2D eigenvalue weighted by Crippen LogP contribution is -2.16. The van der Waals surface area contributed by atoms with Gasteiger partial charge in [0.05, 0.1) is 18.8 Å². The summed E-state index contributed by atoms with van der Waals surface area (Å²) in [4.78, 5) is 11.8. The number of esters is 1. The van der Waals surface area contributed by atoms with Gasteiger partial charge in [-0.3, -0.25) is 0 Å². The average Bonchev–Trinajstić information content (AvgIpc) is 2.43. The minimum atomic E-state index is -0.372. The fourth-order valence-electron chi connectivity index (χ4n) is 1.73. The summed E-state index contributed by atoms with van der Waals surface area (Å²) in [7, 11) is 0. The molecular formula is C17H22O3. The molecule has 0 aliphatic heterocycles. The molecule has 0 saturated carbocycles. The molecule has 1 unspecified atom stereocenters. The quantitative estimate of drug-likeness (QED) is 0.410. The van der Waals surface area contributed by atoms with Gasteiger partial charge in [-0.1, -0.05) is 43.0 Å².